The van der Waals surface area contributed by atoms with Crippen molar-refractivity contribution >= 4 is 18.7 Å². The van der Waals surface area contributed by atoms with Gasteiger partial charge in [0.15, 0.2) is 0 Å². The Morgan fingerprint density at radius 3 is 2.38 bits per heavy atom. The highest BCUT2D eigenvalue weighted by Crippen LogP contribution is 2.19. The van der Waals surface area contributed by atoms with Gasteiger partial charge in [0.05, 0.1) is 6.61 Å². The molecule has 118 valence electrons. The third-order valence-corrected chi connectivity index (χ3v) is 3.69. The van der Waals surface area contributed by atoms with Crippen molar-refractivity contribution in [3.8, 4) is 5.75 Å². The minimum atomic E-state index is -1.21. The van der Waals surface area contributed by atoms with Crippen molar-refractivity contribution in [1.29, 1.82) is 0 Å². The average molecular weight is 314 g/mol. The molecule has 0 aliphatic heterocycles. The molecule has 4 N–H and O–H groups in total. The maximum Gasteiger partial charge on any atom is 0.451 e. The van der Waals surface area contributed by atoms with Crippen molar-refractivity contribution in [1.82, 2.24) is 0 Å². The minimum absolute atomic E-state index is 0.232. The summed E-state index contributed by atoms with van der Waals surface area (Å²) >= 11 is 5.81. The number of rotatable bonds is 10. The summed E-state index contributed by atoms with van der Waals surface area (Å²) in [6.45, 7) is 2.66. The molecule has 1 atom stereocenters. The summed E-state index contributed by atoms with van der Waals surface area (Å²) in [5.74, 6) is 0.815. The zero-order chi connectivity index (χ0) is 15.7. The molecular formula is C15H25BClNO3. The monoisotopic (exact) mass is 313 g/mol. The van der Waals surface area contributed by atoms with Gasteiger partial charge in [0.1, 0.15) is 5.75 Å². The number of hydrogen-bond acceptors (Lipinski definition) is 4. The van der Waals surface area contributed by atoms with Crippen LogP contribution < -0.4 is 10.5 Å². The number of ether oxygens (including phenoxy) is 1. The van der Waals surface area contributed by atoms with Gasteiger partial charge >= 0.3 is 7.12 Å². The van der Waals surface area contributed by atoms with Gasteiger partial charge in [0.2, 0.25) is 0 Å². The van der Waals surface area contributed by atoms with E-state index in [4.69, 9.17) is 32.1 Å². The van der Waals surface area contributed by atoms with Crippen LogP contribution in [0.5, 0.6) is 5.75 Å². The van der Waals surface area contributed by atoms with Crippen molar-refractivity contribution < 1.29 is 14.8 Å². The van der Waals surface area contributed by atoms with Crippen molar-refractivity contribution in [2.75, 3.05) is 6.61 Å². The summed E-state index contributed by atoms with van der Waals surface area (Å²) in [5, 5.41) is 18.3. The molecule has 0 aromatic heterocycles. The summed E-state index contributed by atoms with van der Waals surface area (Å²) in [6, 6.07) is 7.31. The molecule has 6 heteroatoms. The Kier molecular flexibility index (Phi) is 8.11. The van der Waals surface area contributed by atoms with Gasteiger partial charge in [-0.2, -0.15) is 0 Å². The van der Waals surface area contributed by atoms with Crippen LogP contribution in [-0.2, 0) is 0 Å². The standard InChI is InChI=1S/C15H25BClNO3/c1-15(18,9-2-3-11-16(19)20)10-4-12-21-14-7-5-13(17)6-8-14/h5-8,19-20H,2-4,9-12,18H2,1H3. The second kappa shape index (κ2) is 9.31. The van der Waals surface area contributed by atoms with Crippen LogP contribution in [0.25, 0.3) is 0 Å². The maximum absolute atomic E-state index is 8.78. The molecule has 1 unspecified atom stereocenters. The summed E-state index contributed by atoms with van der Waals surface area (Å²) in [5.41, 5.74) is 6.00. The number of halogens is 1. The number of unbranched alkanes of at least 4 members (excludes halogenated alkanes) is 1. The quantitative estimate of drug-likeness (QED) is 0.458. The fourth-order valence-corrected chi connectivity index (χ4v) is 2.30. The van der Waals surface area contributed by atoms with E-state index in [1.54, 1.807) is 12.1 Å². The predicted molar refractivity (Wildman–Crippen MR) is 87.6 cm³/mol. The molecule has 0 spiro atoms. The molecule has 4 nitrogen and oxygen atoms in total. The molecule has 0 radical (unpaired) electrons. The molecule has 0 heterocycles. The van der Waals surface area contributed by atoms with Crippen LogP contribution in [0.2, 0.25) is 11.3 Å². The van der Waals surface area contributed by atoms with Gasteiger partial charge in [0, 0.05) is 10.6 Å². The largest absolute Gasteiger partial charge is 0.494 e. The average Bonchev–Trinajstić information content (AvgIpc) is 2.42. The first-order chi connectivity index (χ1) is 9.89. The number of hydrogen-bond donors (Lipinski definition) is 3. The fourth-order valence-electron chi connectivity index (χ4n) is 2.18. The van der Waals surface area contributed by atoms with E-state index in [2.05, 4.69) is 0 Å². The van der Waals surface area contributed by atoms with Crippen molar-refractivity contribution in [3.63, 3.8) is 0 Å². The van der Waals surface area contributed by atoms with Crippen LogP contribution in [0.1, 0.15) is 39.0 Å². The van der Waals surface area contributed by atoms with E-state index in [0.717, 1.165) is 37.9 Å². The summed E-state index contributed by atoms with van der Waals surface area (Å²) in [6.07, 6.45) is 4.74. The van der Waals surface area contributed by atoms with Gasteiger partial charge in [0.25, 0.3) is 0 Å². The van der Waals surface area contributed by atoms with Gasteiger partial charge < -0.3 is 20.5 Å². The highest BCUT2D eigenvalue weighted by atomic mass is 35.5. The first kappa shape index (κ1) is 18.3. The Morgan fingerprint density at radius 1 is 1.14 bits per heavy atom. The molecule has 1 rings (SSSR count). The van der Waals surface area contributed by atoms with E-state index in [0.29, 0.717) is 17.9 Å². The first-order valence-corrected chi connectivity index (χ1v) is 7.80. The van der Waals surface area contributed by atoms with E-state index in [-0.39, 0.29) is 5.54 Å². The van der Waals surface area contributed by atoms with E-state index >= 15 is 0 Å². The molecule has 1 aromatic rings. The predicted octanol–water partition coefficient (Wildman–Crippen LogP) is 2.86. The Bertz CT molecular complexity index is 398. The molecule has 0 saturated heterocycles. The lowest BCUT2D eigenvalue weighted by atomic mass is 9.82. The third kappa shape index (κ3) is 8.99. The van der Waals surface area contributed by atoms with Crippen molar-refractivity contribution in [2.45, 2.75) is 50.9 Å². The lowest BCUT2D eigenvalue weighted by molar-refractivity contribution is 0.277. The number of benzene rings is 1. The minimum Gasteiger partial charge on any atom is -0.494 e. The van der Waals surface area contributed by atoms with Crippen LogP contribution in [0.4, 0.5) is 0 Å². The fraction of sp³-hybridized carbons (Fsp3) is 0.600. The Labute approximate surface area is 132 Å². The van der Waals surface area contributed by atoms with E-state index in [1.165, 1.54) is 0 Å². The zero-order valence-electron chi connectivity index (χ0n) is 12.6. The molecule has 0 saturated carbocycles. The highest BCUT2D eigenvalue weighted by Gasteiger charge is 2.18. The zero-order valence-corrected chi connectivity index (χ0v) is 13.4. The van der Waals surface area contributed by atoms with Gasteiger partial charge in [-0.15, -0.1) is 0 Å². The van der Waals surface area contributed by atoms with E-state index in [9.17, 15) is 0 Å². The third-order valence-electron chi connectivity index (χ3n) is 3.43. The van der Waals surface area contributed by atoms with E-state index in [1.807, 2.05) is 19.1 Å². The lowest BCUT2D eigenvalue weighted by Gasteiger charge is -2.24. The van der Waals surface area contributed by atoms with Crippen molar-refractivity contribution in [3.05, 3.63) is 29.3 Å². The lowest BCUT2D eigenvalue weighted by Crippen LogP contribution is -2.36. The molecule has 0 aliphatic rings. The van der Waals surface area contributed by atoms with Crippen LogP contribution in [0.15, 0.2) is 24.3 Å². The number of nitrogens with two attached hydrogens (primary N) is 1. The topological polar surface area (TPSA) is 75.7 Å². The second-order valence-electron chi connectivity index (χ2n) is 5.79. The van der Waals surface area contributed by atoms with Gasteiger partial charge in [-0.05, 0) is 56.8 Å². The first-order valence-electron chi connectivity index (χ1n) is 7.42. The molecule has 0 fully saturated rings. The Hall–Kier alpha value is -0.745. The highest BCUT2D eigenvalue weighted by molar-refractivity contribution is 6.40. The molecule has 0 bridgehead atoms. The van der Waals surface area contributed by atoms with Crippen LogP contribution in [0.3, 0.4) is 0 Å². The molecule has 21 heavy (non-hydrogen) atoms. The van der Waals surface area contributed by atoms with Gasteiger partial charge in [-0.3, -0.25) is 0 Å². The summed E-state index contributed by atoms with van der Waals surface area (Å²) in [7, 11) is -1.21. The second-order valence-corrected chi connectivity index (χ2v) is 6.22. The summed E-state index contributed by atoms with van der Waals surface area (Å²) in [4.78, 5) is 0. The summed E-state index contributed by atoms with van der Waals surface area (Å²) < 4.78 is 5.63. The molecule has 0 aliphatic carbocycles. The molecule has 0 amide bonds. The SMILES string of the molecule is CC(N)(CCCCB(O)O)CCCOc1ccc(Cl)cc1. The van der Waals surface area contributed by atoms with Gasteiger partial charge in [-0.1, -0.05) is 24.4 Å². The Balaban J connectivity index is 2.13. The molecular weight excluding hydrogens is 288 g/mol. The van der Waals surface area contributed by atoms with Gasteiger partial charge in [-0.25, -0.2) is 0 Å². The Morgan fingerprint density at radius 2 is 1.76 bits per heavy atom. The maximum atomic E-state index is 8.78. The van der Waals surface area contributed by atoms with Crippen LogP contribution in [0, 0.1) is 0 Å². The van der Waals surface area contributed by atoms with E-state index < -0.39 is 7.12 Å². The normalized spacial score (nSPS) is 13.8. The van der Waals surface area contributed by atoms with Crippen molar-refractivity contribution in [2.24, 2.45) is 5.73 Å². The van der Waals surface area contributed by atoms with Crippen LogP contribution in [-0.4, -0.2) is 29.3 Å². The van der Waals surface area contributed by atoms with Crippen LogP contribution >= 0.6 is 11.6 Å². The molecule has 1 aromatic carbocycles. The smallest absolute Gasteiger partial charge is 0.451 e.